The molecule has 92 valence electrons. The summed E-state index contributed by atoms with van der Waals surface area (Å²) in [6, 6.07) is 0. The number of carboxylic acid groups (broad SMARTS) is 1. The van der Waals surface area contributed by atoms with Gasteiger partial charge in [-0.15, -0.1) is 0 Å². The lowest BCUT2D eigenvalue weighted by molar-refractivity contribution is -0.153. The molecule has 0 aliphatic heterocycles. The van der Waals surface area contributed by atoms with Gasteiger partial charge in [-0.1, -0.05) is 20.3 Å². The number of rotatable bonds is 5. The number of hydrogen-bond acceptors (Lipinski definition) is 2. The summed E-state index contributed by atoms with van der Waals surface area (Å²) in [5, 5.41) is 9.02. The van der Waals surface area contributed by atoms with Crippen LogP contribution in [0.2, 0.25) is 0 Å². The van der Waals surface area contributed by atoms with Crippen molar-refractivity contribution in [2.45, 2.75) is 33.1 Å². The number of nitrogens with zero attached hydrogens (tertiary/aromatic N) is 1. The number of amides is 1. The van der Waals surface area contributed by atoms with Gasteiger partial charge < -0.3 is 10.0 Å². The van der Waals surface area contributed by atoms with E-state index in [4.69, 9.17) is 5.11 Å². The Bertz CT molecular complexity index is 271. The molecule has 4 nitrogen and oxygen atoms in total. The number of aliphatic carboxylic acids is 1. The fourth-order valence-electron chi connectivity index (χ4n) is 2.07. The average Bonchev–Trinajstić information content (AvgIpc) is 2.09. The zero-order valence-electron chi connectivity index (χ0n) is 10.3. The van der Waals surface area contributed by atoms with Crippen LogP contribution in [-0.4, -0.2) is 35.5 Å². The van der Waals surface area contributed by atoms with Gasteiger partial charge in [0.05, 0.1) is 0 Å². The second kappa shape index (κ2) is 5.32. The van der Waals surface area contributed by atoms with Crippen LogP contribution >= 0.6 is 0 Å². The van der Waals surface area contributed by atoms with Gasteiger partial charge >= 0.3 is 5.97 Å². The second-order valence-electron chi connectivity index (χ2n) is 5.08. The van der Waals surface area contributed by atoms with Crippen molar-refractivity contribution in [1.82, 2.24) is 4.90 Å². The molecule has 1 aliphatic carbocycles. The summed E-state index contributed by atoms with van der Waals surface area (Å²) in [4.78, 5) is 24.5. The standard InChI is InChI=1S/C12H21NO3/c1-8(2)10(12(15)16)11(14)13(3)7-9-5-4-6-9/h8-10H,4-7H2,1-3H3,(H,15,16). The van der Waals surface area contributed by atoms with Crippen LogP contribution in [0.3, 0.4) is 0 Å². The minimum absolute atomic E-state index is 0.158. The van der Waals surface area contributed by atoms with Crippen molar-refractivity contribution in [3.8, 4) is 0 Å². The summed E-state index contributed by atoms with van der Waals surface area (Å²) in [6.07, 6.45) is 3.56. The van der Waals surface area contributed by atoms with E-state index >= 15 is 0 Å². The fourth-order valence-corrected chi connectivity index (χ4v) is 2.07. The Balaban J connectivity index is 2.55. The smallest absolute Gasteiger partial charge is 0.316 e. The minimum Gasteiger partial charge on any atom is -0.481 e. The molecule has 0 saturated heterocycles. The van der Waals surface area contributed by atoms with Crippen molar-refractivity contribution < 1.29 is 14.7 Å². The number of carboxylic acids is 1. The SMILES string of the molecule is CC(C)C(C(=O)O)C(=O)N(C)CC1CCC1. The molecule has 1 amide bonds. The molecule has 1 atom stereocenters. The number of carbonyl (C=O) groups excluding carboxylic acids is 1. The maximum absolute atomic E-state index is 11.9. The van der Waals surface area contributed by atoms with E-state index in [0.717, 1.165) is 12.8 Å². The van der Waals surface area contributed by atoms with Crippen LogP contribution in [0.5, 0.6) is 0 Å². The lowest BCUT2D eigenvalue weighted by Crippen LogP contribution is -2.42. The molecule has 0 aromatic carbocycles. The van der Waals surface area contributed by atoms with E-state index in [1.54, 1.807) is 25.8 Å². The van der Waals surface area contributed by atoms with Gasteiger partial charge in [-0.2, -0.15) is 0 Å². The molecular weight excluding hydrogens is 206 g/mol. The third-order valence-corrected chi connectivity index (χ3v) is 3.33. The normalized spacial score (nSPS) is 18.0. The van der Waals surface area contributed by atoms with Crippen LogP contribution in [0.15, 0.2) is 0 Å². The predicted octanol–water partition coefficient (Wildman–Crippen LogP) is 1.60. The molecule has 1 rings (SSSR count). The van der Waals surface area contributed by atoms with Gasteiger partial charge in [-0.3, -0.25) is 9.59 Å². The van der Waals surface area contributed by atoms with E-state index in [-0.39, 0.29) is 11.8 Å². The topological polar surface area (TPSA) is 57.6 Å². The Morgan fingerprint density at radius 1 is 1.38 bits per heavy atom. The minimum atomic E-state index is -1.01. The summed E-state index contributed by atoms with van der Waals surface area (Å²) in [5.74, 6) is -1.75. The van der Waals surface area contributed by atoms with Gasteiger partial charge in [0.1, 0.15) is 5.92 Å². The largest absolute Gasteiger partial charge is 0.481 e. The van der Waals surface area contributed by atoms with E-state index in [2.05, 4.69) is 0 Å². The van der Waals surface area contributed by atoms with Gasteiger partial charge in [0.2, 0.25) is 5.91 Å². The second-order valence-corrected chi connectivity index (χ2v) is 5.08. The first-order chi connectivity index (χ1) is 7.43. The molecule has 0 aromatic rings. The molecule has 0 spiro atoms. The van der Waals surface area contributed by atoms with E-state index in [0.29, 0.717) is 12.5 Å². The zero-order valence-corrected chi connectivity index (χ0v) is 10.3. The zero-order chi connectivity index (χ0) is 12.3. The van der Waals surface area contributed by atoms with Crippen molar-refractivity contribution in [3.05, 3.63) is 0 Å². The molecule has 0 radical (unpaired) electrons. The Morgan fingerprint density at radius 2 is 1.94 bits per heavy atom. The van der Waals surface area contributed by atoms with Crippen LogP contribution in [-0.2, 0) is 9.59 Å². The third-order valence-electron chi connectivity index (χ3n) is 3.33. The van der Waals surface area contributed by atoms with E-state index in [9.17, 15) is 9.59 Å². The average molecular weight is 227 g/mol. The number of hydrogen-bond donors (Lipinski definition) is 1. The van der Waals surface area contributed by atoms with Crippen molar-refractivity contribution in [2.75, 3.05) is 13.6 Å². The quantitative estimate of drug-likeness (QED) is 0.726. The van der Waals surface area contributed by atoms with Crippen LogP contribution in [0.25, 0.3) is 0 Å². The molecule has 1 saturated carbocycles. The Kier molecular flexibility index (Phi) is 4.33. The van der Waals surface area contributed by atoms with Crippen molar-refractivity contribution in [1.29, 1.82) is 0 Å². The highest BCUT2D eigenvalue weighted by Gasteiger charge is 2.33. The Morgan fingerprint density at radius 3 is 2.25 bits per heavy atom. The molecule has 1 N–H and O–H groups in total. The molecule has 4 heteroatoms. The van der Waals surface area contributed by atoms with Gasteiger partial charge in [0.15, 0.2) is 0 Å². The summed E-state index contributed by atoms with van der Waals surface area (Å²) >= 11 is 0. The van der Waals surface area contributed by atoms with Gasteiger partial charge in [0, 0.05) is 13.6 Å². The van der Waals surface area contributed by atoms with E-state index < -0.39 is 11.9 Å². The van der Waals surface area contributed by atoms with Crippen LogP contribution in [0, 0.1) is 17.8 Å². The van der Waals surface area contributed by atoms with Gasteiger partial charge in [-0.25, -0.2) is 0 Å². The van der Waals surface area contributed by atoms with Gasteiger partial charge in [0.25, 0.3) is 0 Å². The summed E-state index contributed by atoms with van der Waals surface area (Å²) in [5.41, 5.74) is 0. The molecule has 0 heterocycles. The first-order valence-electron chi connectivity index (χ1n) is 5.91. The highest BCUT2D eigenvalue weighted by Crippen LogP contribution is 2.27. The lowest BCUT2D eigenvalue weighted by atomic mass is 9.84. The Labute approximate surface area is 96.6 Å². The van der Waals surface area contributed by atoms with E-state index in [1.807, 2.05) is 0 Å². The first-order valence-corrected chi connectivity index (χ1v) is 5.91. The maximum atomic E-state index is 11.9. The molecule has 0 bridgehead atoms. The van der Waals surface area contributed by atoms with Crippen LogP contribution < -0.4 is 0 Å². The summed E-state index contributed by atoms with van der Waals surface area (Å²) in [7, 11) is 1.71. The molecule has 1 aliphatic rings. The predicted molar refractivity (Wildman–Crippen MR) is 60.9 cm³/mol. The summed E-state index contributed by atoms with van der Waals surface area (Å²) in [6.45, 7) is 4.25. The van der Waals surface area contributed by atoms with Crippen LogP contribution in [0.1, 0.15) is 33.1 Å². The first kappa shape index (κ1) is 13.0. The lowest BCUT2D eigenvalue weighted by Gasteiger charge is -2.31. The van der Waals surface area contributed by atoms with Crippen molar-refractivity contribution in [3.63, 3.8) is 0 Å². The van der Waals surface area contributed by atoms with Crippen LogP contribution in [0.4, 0.5) is 0 Å². The molecule has 1 unspecified atom stereocenters. The van der Waals surface area contributed by atoms with Crippen molar-refractivity contribution >= 4 is 11.9 Å². The molecule has 1 fully saturated rings. The van der Waals surface area contributed by atoms with Gasteiger partial charge in [-0.05, 0) is 24.7 Å². The maximum Gasteiger partial charge on any atom is 0.316 e. The van der Waals surface area contributed by atoms with Crippen molar-refractivity contribution in [2.24, 2.45) is 17.8 Å². The van der Waals surface area contributed by atoms with E-state index in [1.165, 1.54) is 6.42 Å². The highest BCUT2D eigenvalue weighted by molar-refractivity contribution is 5.97. The number of carbonyl (C=O) groups is 2. The Hall–Kier alpha value is -1.06. The monoisotopic (exact) mass is 227 g/mol. The third kappa shape index (κ3) is 2.97. The molecule has 0 aromatic heterocycles. The highest BCUT2D eigenvalue weighted by atomic mass is 16.4. The summed E-state index contributed by atoms with van der Waals surface area (Å²) < 4.78 is 0. The fraction of sp³-hybridized carbons (Fsp3) is 0.833. The molecule has 16 heavy (non-hydrogen) atoms. The molecular formula is C12H21NO3.